The molecule has 1 saturated heterocycles. The van der Waals surface area contributed by atoms with E-state index in [-0.39, 0.29) is 11.3 Å². The molecule has 1 aliphatic heterocycles. The fraction of sp³-hybridized carbons (Fsp3) is 0.556. The molecule has 22 heavy (non-hydrogen) atoms. The Morgan fingerprint density at radius 2 is 1.91 bits per heavy atom. The van der Waals surface area contributed by atoms with Gasteiger partial charge >= 0.3 is 0 Å². The second-order valence-corrected chi connectivity index (χ2v) is 7.23. The van der Waals surface area contributed by atoms with Crippen molar-refractivity contribution in [2.24, 2.45) is 0 Å². The number of aromatic nitrogens is 2. The molecule has 1 fully saturated rings. The van der Waals surface area contributed by atoms with Crippen LogP contribution in [-0.4, -0.2) is 33.4 Å². The molecule has 118 valence electrons. The number of amides is 1. The van der Waals surface area contributed by atoms with Gasteiger partial charge in [-0.2, -0.15) is 0 Å². The first-order chi connectivity index (χ1) is 10.5. The summed E-state index contributed by atoms with van der Waals surface area (Å²) in [7, 11) is 0. The van der Waals surface area contributed by atoms with Gasteiger partial charge in [-0.15, -0.1) is 0 Å². The van der Waals surface area contributed by atoms with E-state index in [1.807, 2.05) is 21.9 Å². The van der Waals surface area contributed by atoms with Crippen molar-refractivity contribution in [3.05, 3.63) is 30.1 Å². The van der Waals surface area contributed by atoms with Gasteiger partial charge in [0.1, 0.15) is 12.2 Å². The molecule has 0 radical (unpaired) electrons. The van der Waals surface area contributed by atoms with Crippen LogP contribution in [0.1, 0.15) is 45.6 Å². The predicted octanol–water partition coefficient (Wildman–Crippen LogP) is 3.35. The number of fused-ring (bicyclic) bond motifs is 1. The van der Waals surface area contributed by atoms with Crippen molar-refractivity contribution in [1.82, 2.24) is 14.5 Å². The number of carbonyl (C=O) groups is 1. The zero-order valence-corrected chi connectivity index (χ0v) is 13.8. The van der Waals surface area contributed by atoms with Gasteiger partial charge in [0.15, 0.2) is 0 Å². The van der Waals surface area contributed by atoms with E-state index in [0.29, 0.717) is 6.54 Å². The van der Waals surface area contributed by atoms with Gasteiger partial charge in [-0.25, -0.2) is 4.98 Å². The minimum absolute atomic E-state index is 0.0737. The van der Waals surface area contributed by atoms with Crippen molar-refractivity contribution in [2.45, 2.75) is 52.0 Å². The zero-order chi connectivity index (χ0) is 15.7. The summed E-state index contributed by atoms with van der Waals surface area (Å²) in [6, 6.07) is 4.17. The third-order valence-corrected chi connectivity index (χ3v) is 4.48. The molecular weight excluding hydrogens is 274 g/mol. The molecule has 1 amide bonds. The normalized spacial score (nSPS) is 16.2. The molecule has 0 unspecified atom stereocenters. The molecular formula is C18H25N3O. The lowest BCUT2D eigenvalue weighted by molar-refractivity contribution is -0.132. The molecule has 0 N–H and O–H groups in total. The van der Waals surface area contributed by atoms with E-state index in [9.17, 15) is 4.79 Å². The number of nitrogens with zero attached hydrogens (tertiary/aromatic N) is 3. The SMILES string of the molecule is CC(C)(C)c1ccnc2c1ccn2CC(=O)N1CCCCC1. The lowest BCUT2D eigenvalue weighted by Crippen LogP contribution is -2.37. The molecule has 0 aromatic carbocycles. The van der Waals surface area contributed by atoms with Gasteiger partial charge in [0, 0.05) is 30.9 Å². The molecule has 4 heteroatoms. The maximum atomic E-state index is 12.5. The molecule has 0 saturated carbocycles. The van der Waals surface area contributed by atoms with Crippen molar-refractivity contribution >= 4 is 16.9 Å². The second-order valence-electron chi connectivity index (χ2n) is 7.23. The molecule has 4 nitrogen and oxygen atoms in total. The third-order valence-electron chi connectivity index (χ3n) is 4.48. The fourth-order valence-corrected chi connectivity index (χ4v) is 3.26. The molecule has 0 aliphatic carbocycles. The van der Waals surface area contributed by atoms with Crippen LogP contribution in [0.2, 0.25) is 0 Å². The number of hydrogen-bond acceptors (Lipinski definition) is 2. The smallest absolute Gasteiger partial charge is 0.242 e. The molecule has 3 heterocycles. The Morgan fingerprint density at radius 3 is 2.59 bits per heavy atom. The maximum Gasteiger partial charge on any atom is 0.242 e. The highest BCUT2D eigenvalue weighted by molar-refractivity contribution is 5.83. The summed E-state index contributed by atoms with van der Waals surface area (Å²) in [5.41, 5.74) is 2.27. The second kappa shape index (κ2) is 5.75. The number of piperidine rings is 1. The zero-order valence-electron chi connectivity index (χ0n) is 13.8. The van der Waals surface area contributed by atoms with Crippen LogP contribution in [0.15, 0.2) is 24.5 Å². The van der Waals surface area contributed by atoms with Crippen molar-refractivity contribution < 1.29 is 4.79 Å². The van der Waals surface area contributed by atoms with Gasteiger partial charge < -0.3 is 9.47 Å². The number of carbonyl (C=O) groups excluding carboxylic acids is 1. The van der Waals surface area contributed by atoms with Crippen LogP contribution < -0.4 is 0 Å². The first-order valence-electron chi connectivity index (χ1n) is 8.19. The van der Waals surface area contributed by atoms with Gasteiger partial charge in [0.05, 0.1) is 0 Å². The Labute approximate surface area is 132 Å². The van der Waals surface area contributed by atoms with E-state index in [1.165, 1.54) is 12.0 Å². The Kier molecular flexibility index (Phi) is 3.94. The van der Waals surface area contributed by atoms with Gasteiger partial charge in [0.25, 0.3) is 0 Å². The van der Waals surface area contributed by atoms with Crippen molar-refractivity contribution in [2.75, 3.05) is 13.1 Å². The minimum Gasteiger partial charge on any atom is -0.341 e. The fourth-order valence-electron chi connectivity index (χ4n) is 3.26. The Morgan fingerprint density at radius 1 is 1.18 bits per heavy atom. The van der Waals surface area contributed by atoms with Gasteiger partial charge in [0.2, 0.25) is 5.91 Å². The molecule has 0 spiro atoms. The molecule has 2 aromatic heterocycles. The van der Waals surface area contributed by atoms with E-state index in [2.05, 4.69) is 37.9 Å². The van der Waals surface area contributed by atoms with Crippen LogP contribution in [0.3, 0.4) is 0 Å². The molecule has 0 atom stereocenters. The van der Waals surface area contributed by atoms with E-state index >= 15 is 0 Å². The van der Waals surface area contributed by atoms with E-state index in [1.54, 1.807) is 0 Å². The van der Waals surface area contributed by atoms with E-state index in [0.717, 1.165) is 37.0 Å². The Balaban J connectivity index is 1.87. The van der Waals surface area contributed by atoms with Crippen LogP contribution in [0.4, 0.5) is 0 Å². The minimum atomic E-state index is 0.0737. The maximum absolute atomic E-state index is 12.5. The lowest BCUT2D eigenvalue weighted by atomic mass is 9.86. The summed E-state index contributed by atoms with van der Waals surface area (Å²) in [5, 5.41) is 1.15. The van der Waals surface area contributed by atoms with Crippen LogP contribution in [-0.2, 0) is 16.8 Å². The third kappa shape index (κ3) is 2.87. The van der Waals surface area contributed by atoms with Gasteiger partial charge in [-0.1, -0.05) is 20.8 Å². The van der Waals surface area contributed by atoms with Crippen molar-refractivity contribution in [3.63, 3.8) is 0 Å². The van der Waals surface area contributed by atoms with Crippen LogP contribution in [0.5, 0.6) is 0 Å². The number of likely N-dealkylation sites (tertiary alicyclic amines) is 1. The summed E-state index contributed by atoms with van der Waals surface area (Å²) in [4.78, 5) is 19.0. The Hall–Kier alpha value is -1.84. The van der Waals surface area contributed by atoms with Crippen LogP contribution in [0, 0.1) is 0 Å². The molecule has 0 bridgehead atoms. The Bertz CT molecular complexity index is 675. The largest absolute Gasteiger partial charge is 0.341 e. The first-order valence-corrected chi connectivity index (χ1v) is 8.19. The molecule has 2 aromatic rings. The number of pyridine rings is 1. The first kappa shape index (κ1) is 15.1. The highest BCUT2D eigenvalue weighted by Gasteiger charge is 2.21. The monoisotopic (exact) mass is 299 g/mol. The molecule has 3 rings (SSSR count). The summed E-state index contributed by atoms with van der Waals surface area (Å²) >= 11 is 0. The van der Waals surface area contributed by atoms with Crippen molar-refractivity contribution in [1.29, 1.82) is 0 Å². The topological polar surface area (TPSA) is 38.1 Å². The summed E-state index contributed by atoms with van der Waals surface area (Å²) < 4.78 is 1.99. The standard InChI is InChI=1S/C18H25N3O/c1-18(2,3)15-7-9-19-17-14(15)8-12-21(17)13-16(22)20-10-5-4-6-11-20/h7-9,12H,4-6,10-11,13H2,1-3H3. The number of hydrogen-bond donors (Lipinski definition) is 0. The summed E-state index contributed by atoms with van der Waals surface area (Å²) in [5.74, 6) is 0.208. The predicted molar refractivity (Wildman–Crippen MR) is 88.9 cm³/mol. The van der Waals surface area contributed by atoms with Crippen molar-refractivity contribution in [3.8, 4) is 0 Å². The van der Waals surface area contributed by atoms with E-state index in [4.69, 9.17) is 0 Å². The number of rotatable bonds is 2. The highest BCUT2D eigenvalue weighted by atomic mass is 16.2. The summed E-state index contributed by atoms with van der Waals surface area (Å²) in [6.45, 7) is 8.81. The average molecular weight is 299 g/mol. The van der Waals surface area contributed by atoms with Crippen LogP contribution >= 0.6 is 0 Å². The summed E-state index contributed by atoms with van der Waals surface area (Å²) in [6.07, 6.45) is 7.35. The van der Waals surface area contributed by atoms with E-state index < -0.39 is 0 Å². The van der Waals surface area contributed by atoms with Gasteiger partial charge in [-0.3, -0.25) is 4.79 Å². The molecule has 1 aliphatic rings. The van der Waals surface area contributed by atoms with Gasteiger partial charge in [-0.05, 0) is 42.4 Å². The quantitative estimate of drug-likeness (QED) is 0.853. The average Bonchev–Trinajstić information content (AvgIpc) is 2.90. The lowest BCUT2D eigenvalue weighted by Gasteiger charge is -2.27. The highest BCUT2D eigenvalue weighted by Crippen LogP contribution is 2.29. The van der Waals surface area contributed by atoms with Crippen LogP contribution in [0.25, 0.3) is 11.0 Å².